The quantitative estimate of drug-likeness (QED) is 0.728. The fourth-order valence-corrected chi connectivity index (χ4v) is 6.34. The van der Waals surface area contributed by atoms with Gasteiger partial charge in [0, 0.05) is 22.5 Å². The van der Waals surface area contributed by atoms with Crippen LogP contribution in [0.1, 0.15) is 30.8 Å². The fourth-order valence-electron chi connectivity index (χ4n) is 3.28. The second-order valence-electron chi connectivity index (χ2n) is 6.02. The second-order valence-corrected chi connectivity index (χ2v) is 9.26. The molecule has 1 aliphatic heterocycles. The summed E-state index contributed by atoms with van der Waals surface area (Å²) < 4.78 is 20.3. The zero-order valence-corrected chi connectivity index (χ0v) is 16.4. The number of rotatable bonds is 5. The van der Waals surface area contributed by atoms with Gasteiger partial charge in [-0.1, -0.05) is 58.4 Å². The van der Waals surface area contributed by atoms with E-state index >= 15 is 0 Å². The first-order chi connectivity index (χ1) is 11.5. The van der Waals surface area contributed by atoms with E-state index in [9.17, 15) is 4.57 Å². The largest absolute Gasteiger partial charge is 0.322 e. The molecule has 0 saturated heterocycles. The topological polar surface area (TPSA) is 30.7 Å². The molecule has 0 fully saturated rings. The van der Waals surface area contributed by atoms with Crippen LogP contribution in [0.4, 0.5) is 0 Å². The molecule has 0 saturated carbocycles. The van der Waals surface area contributed by atoms with E-state index in [4.69, 9.17) is 4.52 Å². The van der Waals surface area contributed by atoms with E-state index in [0.717, 1.165) is 22.3 Å². The van der Waals surface area contributed by atoms with Gasteiger partial charge >= 0.3 is 0 Å². The van der Waals surface area contributed by atoms with Gasteiger partial charge in [0.25, 0.3) is 7.37 Å². The summed E-state index contributed by atoms with van der Waals surface area (Å²) in [5.41, 5.74) is 3.37. The smallest absolute Gasteiger partial charge is 0.291 e. The Kier molecular flexibility index (Phi) is 5.41. The van der Waals surface area contributed by atoms with Crippen LogP contribution in [0.5, 0.6) is 0 Å². The zero-order chi connectivity index (χ0) is 17.2. The maximum Gasteiger partial charge on any atom is 0.291 e. The first-order valence-electron chi connectivity index (χ1n) is 8.12. The van der Waals surface area contributed by atoms with Crippen LogP contribution in [0.2, 0.25) is 0 Å². The molecule has 1 heterocycles. The van der Waals surface area contributed by atoms with Crippen LogP contribution >= 0.6 is 23.3 Å². The van der Waals surface area contributed by atoms with Crippen LogP contribution in [0, 0.1) is 0 Å². The molecule has 1 N–H and O–H groups in total. The zero-order valence-electron chi connectivity index (χ0n) is 13.9. The molecule has 0 spiro atoms. The van der Waals surface area contributed by atoms with E-state index in [1.165, 1.54) is 10.5 Å². The molecule has 0 radical (unpaired) electrons. The Morgan fingerprint density at radius 2 is 1.79 bits per heavy atom. The highest BCUT2D eigenvalue weighted by Gasteiger charge is 2.48. The van der Waals surface area contributed by atoms with Crippen LogP contribution in [-0.4, -0.2) is 6.61 Å². The molecule has 0 bridgehead atoms. The standard InChI is InChI=1S/C19H21BrNO2P/c1-3-23-24(22)14-15(2)21(13-16-7-5-4-6-8-16)19(24)17-9-11-18(20)12-10-17/h4-12,14,19H,3,13H2,1-2H3/p+1/t19-,24+/m0/s1. The van der Waals surface area contributed by atoms with Crippen molar-refractivity contribution < 1.29 is 14.0 Å². The summed E-state index contributed by atoms with van der Waals surface area (Å²) in [5.74, 6) is 1.67. The minimum absolute atomic E-state index is 0.189. The first-order valence-corrected chi connectivity index (χ1v) is 10.7. The maximum atomic E-state index is 13.5. The lowest BCUT2D eigenvalue weighted by atomic mass is 10.1. The summed E-state index contributed by atoms with van der Waals surface area (Å²) in [6.45, 7) is 5.19. The van der Waals surface area contributed by atoms with Crippen LogP contribution in [0.25, 0.3) is 0 Å². The Labute approximate surface area is 151 Å². The Morgan fingerprint density at radius 3 is 2.42 bits per heavy atom. The van der Waals surface area contributed by atoms with Gasteiger partial charge in [-0.05, 0) is 19.1 Å². The van der Waals surface area contributed by atoms with Crippen molar-refractivity contribution in [2.45, 2.75) is 26.2 Å². The molecule has 2 aromatic carbocycles. The number of benzene rings is 2. The Hall–Kier alpha value is -1.19. The normalized spacial score (nSPS) is 26.4. The fraction of sp³-hybridized carbons (Fsp3) is 0.263. The van der Waals surface area contributed by atoms with Gasteiger partial charge in [0.1, 0.15) is 12.2 Å². The van der Waals surface area contributed by atoms with Crippen LogP contribution < -0.4 is 4.90 Å². The molecule has 3 nitrogen and oxygen atoms in total. The highest BCUT2D eigenvalue weighted by atomic mass is 79.9. The van der Waals surface area contributed by atoms with Gasteiger partial charge in [-0.25, -0.2) is 0 Å². The molecule has 24 heavy (non-hydrogen) atoms. The van der Waals surface area contributed by atoms with Crippen molar-refractivity contribution in [3.05, 3.63) is 81.7 Å². The highest BCUT2D eigenvalue weighted by molar-refractivity contribution is 9.10. The van der Waals surface area contributed by atoms with Crippen molar-refractivity contribution in [1.82, 2.24) is 0 Å². The number of hydrogen-bond donors (Lipinski definition) is 1. The molecule has 0 aliphatic carbocycles. The summed E-state index contributed by atoms with van der Waals surface area (Å²) in [5, 5.41) is 0. The van der Waals surface area contributed by atoms with Gasteiger partial charge in [0.2, 0.25) is 0 Å². The van der Waals surface area contributed by atoms with Crippen LogP contribution in [0.15, 0.2) is 70.6 Å². The molecule has 0 aromatic heterocycles. The van der Waals surface area contributed by atoms with Crippen molar-refractivity contribution in [3.63, 3.8) is 0 Å². The van der Waals surface area contributed by atoms with E-state index in [-0.39, 0.29) is 5.78 Å². The number of quaternary nitrogens is 1. The van der Waals surface area contributed by atoms with Crippen molar-refractivity contribution in [1.29, 1.82) is 0 Å². The molecule has 1 aliphatic rings. The monoisotopic (exact) mass is 406 g/mol. The van der Waals surface area contributed by atoms with E-state index < -0.39 is 7.37 Å². The third-order valence-electron chi connectivity index (χ3n) is 4.32. The average Bonchev–Trinajstić information content (AvgIpc) is 2.80. The number of hydrogen-bond acceptors (Lipinski definition) is 2. The molecule has 3 rings (SSSR count). The lowest BCUT2D eigenvalue weighted by Gasteiger charge is -2.26. The van der Waals surface area contributed by atoms with E-state index in [1.54, 1.807) is 0 Å². The molecular formula is C19H22BrNO2P+. The molecule has 126 valence electrons. The summed E-state index contributed by atoms with van der Waals surface area (Å²) in [7, 11) is -2.88. The lowest BCUT2D eigenvalue weighted by Crippen LogP contribution is -3.07. The molecule has 3 atom stereocenters. The average molecular weight is 407 g/mol. The third kappa shape index (κ3) is 3.57. The van der Waals surface area contributed by atoms with Crippen molar-refractivity contribution >= 4 is 23.3 Å². The van der Waals surface area contributed by atoms with Crippen LogP contribution in [0.3, 0.4) is 0 Å². The number of nitrogens with one attached hydrogen (secondary N) is 1. The Morgan fingerprint density at radius 1 is 1.12 bits per heavy atom. The molecule has 1 unspecified atom stereocenters. The molecular weight excluding hydrogens is 385 g/mol. The second kappa shape index (κ2) is 7.37. The first kappa shape index (κ1) is 17.6. The lowest BCUT2D eigenvalue weighted by molar-refractivity contribution is -0.890. The number of halogens is 1. The van der Waals surface area contributed by atoms with Gasteiger partial charge < -0.3 is 4.52 Å². The summed E-state index contributed by atoms with van der Waals surface area (Å²) >= 11 is 3.47. The SMILES string of the molecule is CCO[P@]1(=O)C=C(C)[NH+](Cc2ccccc2)[C@@H]1c1ccc(Br)cc1. The summed E-state index contributed by atoms with van der Waals surface area (Å²) in [6.07, 6.45) is 0. The molecule has 2 aromatic rings. The third-order valence-corrected chi connectivity index (χ3v) is 7.59. The van der Waals surface area contributed by atoms with Crippen LogP contribution in [-0.2, 0) is 15.6 Å². The van der Waals surface area contributed by atoms with Crippen molar-refractivity contribution in [3.8, 4) is 0 Å². The maximum absolute atomic E-state index is 13.5. The van der Waals surface area contributed by atoms with Gasteiger partial charge in [0.05, 0.1) is 12.4 Å². The summed E-state index contributed by atoms with van der Waals surface area (Å²) in [4.78, 5) is 1.19. The predicted octanol–water partition coefficient (Wildman–Crippen LogP) is 4.72. The van der Waals surface area contributed by atoms with Gasteiger partial charge in [-0.3, -0.25) is 9.46 Å². The van der Waals surface area contributed by atoms with E-state index in [0.29, 0.717) is 6.61 Å². The Bertz CT molecular complexity index is 774. The number of allylic oxidation sites excluding steroid dienone is 1. The molecule has 0 amide bonds. The van der Waals surface area contributed by atoms with Gasteiger partial charge in [-0.2, -0.15) is 0 Å². The van der Waals surface area contributed by atoms with E-state index in [1.807, 2.05) is 62.1 Å². The Balaban J connectivity index is 2.00. The minimum Gasteiger partial charge on any atom is -0.322 e. The predicted molar refractivity (Wildman–Crippen MR) is 101 cm³/mol. The van der Waals surface area contributed by atoms with Gasteiger partial charge in [0.15, 0.2) is 5.78 Å². The minimum atomic E-state index is -2.88. The van der Waals surface area contributed by atoms with Gasteiger partial charge in [-0.15, -0.1) is 0 Å². The molecule has 5 heteroatoms. The van der Waals surface area contributed by atoms with Crippen molar-refractivity contribution in [2.24, 2.45) is 0 Å². The summed E-state index contributed by atoms with van der Waals surface area (Å²) in [6, 6.07) is 18.4. The highest BCUT2D eigenvalue weighted by Crippen LogP contribution is 2.61. The van der Waals surface area contributed by atoms with Crippen molar-refractivity contribution in [2.75, 3.05) is 6.61 Å². The van der Waals surface area contributed by atoms with E-state index in [2.05, 4.69) is 28.1 Å².